The molecular formula is C6H10N4O2. The Morgan fingerprint density at radius 3 is 3.17 bits per heavy atom. The van der Waals surface area contributed by atoms with E-state index in [4.69, 9.17) is 5.11 Å². The number of aromatic amines is 1. The maximum Gasteiger partial charge on any atom is 0.273 e. The van der Waals surface area contributed by atoms with Gasteiger partial charge in [0.15, 0.2) is 5.69 Å². The lowest BCUT2D eigenvalue weighted by molar-refractivity contribution is 0.0919. The van der Waals surface area contributed by atoms with Gasteiger partial charge in [-0.25, -0.2) is 0 Å². The Balaban J connectivity index is 2.40. The van der Waals surface area contributed by atoms with Gasteiger partial charge in [0.2, 0.25) is 0 Å². The minimum absolute atomic E-state index is 0.214. The van der Waals surface area contributed by atoms with Crippen LogP contribution in [0.25, 0.3) is 0 Å². The van der Waals surface area contributed by atoms with E-state index in [-0.39, 0.29) is 18.1 Å². The zero-order chi connectivity index (χ0) is 8.97. The fourth-order valence-corrected chi connectivity index (χ4v) is 0.642. The number of H-pyrrole nitrogens is 1. The zero-order valence-electron chi connectivity index (χ0n) is 6.61. The van der Waals surface area contributed by atoms with Crippen LogP contribution in [0.4, 0.5) is 0 Å². The number of rotatable bonds is 3. The molecule has 0 aliphatic rings. The van der Waals surface area contributed by atoms with Crippen molar-refractivity contribution in [2.45, 2.75) is 13.0 Å². The fraction of sp³-hybridized carbons (Fsp3) is 0.500. The zero-order valence-corrected chi connectivity index (χ0v) is 6.61. The molecule has 0 spiro atoms. The Kier molecular flexibility index (Phi) is 2.76. The molecule has 1 rings (SSSR count). The smallest absolute Gasteiger partial charge is 0.273 e. The van der Waals surface area contributed by atoms with Crippen LogP contribution in [0.3, 0.4) is 0 Å². The average molecular weight is 170 g/mol. The van der Waals surface area contributed by atoms with Gasteiger partial charge in [-0.05, 0) is 6.92 Å². The van der Waals surface area contributed by atoms with E-state index in [0.717, 1.165) is 0 Å². The molecule has 0 saturated heterocycles. The third-order valence-electron chi connectivity index (χ3n) is 1.21. The van der Waals surface area contributed by atoms with Crippen LogP contribution in [-0.4, -0.2) is 39.1 Å². The molecule has 0 saturated carbocycles. The maximum absolute atomic E-state index is 11.1. The van der Waals surface area contributed by atoms with Crippen molar-refractivity contribution in [2.75, 3.05) is 6.54 Å². The summed E-state index contributed by atoms with van der Waals surface area (Å²) in [5.74, 6) is -0.343. The van der Waals surface area contributed by atoms with Gasteiger partial charge in [-0.3, -0.25) is 4.79 Å². The van der Waals surface area contributed by atoms with Crippen LogP contribution in [-0.2, 0) is 0 Å². The van der Waals surface area contributed by atoms with E-state index < -0.39 is 6.10 Å². The lowest BCUT2D eigenvalue weighted by Gasteiger charge is -2.03. The normalized spacial score (nSPS) is 12.5. The minimum atomic E-state index is -0.555. The van der Waals surface area contributed by atoms with Crippen molar-refractivity contribution in [3.63, 3.8) is 0 Å². The van der Waals surface area contributed by atoms with Crippen molar-refractivity contribution < 1.29 is 9.90 Å². The summed E-state index contributed by atoms with van der Waals surface area (Å²) in [5.41, 5.74) is 0.218. The standard InChI is InChI=1S/C6H10N4O2/c1-4(11)2-7-6(12)5-3-8-10-9-5/h3-4,11H,2H2,1H3,(H,7,12)(H,8,9,10). The van der Waals surface area contributed by atoms with Crippen molar-refractivity contribution in [2.24, 2.45) is 0 Å². The molecule has 1 amide bonds. The molecule has 6 heteroatoms. The van der Waals surface area contributed by atoms with Crippen LogP contribution in [0.1, 0.15) is 17.4 Å². The monoisotopic (exact) mass is 170 g/mol. The summed E-state index contributed by atoms with van der Waals surface area (Å²) < 4.78 is 0. The molecule has 0 radical (unpaired) electrons. The number of nitrogens with one attached hydrogen (secondary N) is 2. The number of aliphatic hydroxyl groups excluding tert-OH is 1. The number of hydrogen-bond donors (Lipinski definition) is 3. The second kappa shape index (κ2) is 3.82. The summed E-state index contributed by atoms with van der Waals surface area (Å²) in [6, 6.07) is 0. The molecular weight excluding hydrogens is 160 g/mol. The first-order chi connectivity index (χ1) is 5.70. The van der Waals surface area contributed by atoms with Crippen molar-refractivity contribution in [3.8, 4) is 0 Å². The molecule has 3 N–H and O–H groups in total. The molecule has 6 nitrogen and oxygen atoms in total. The number of hydrogen-bond acceptors (Lipinski definition) is 4. The molecule has 0 fully saturated rings. The Morgan fingerprint density at radius 1 is 1.92 bits per heavy atom. The highest BCUT2D eigenvalue weighted by molar-refractivity contribution is 5.91. The Hall–Kier alpha value is -1.43. The number of amides is 1. The van der Waals surface area contributed by atoms with E-state index in [1.807, 2.05) is 0 Å². The second-order valence-corrected chi connectivity index (χ2v) is 2.41. The van der Waals surface area contributed by atoms with E-state index >= 15 is 0 Å². The molecule has 0 bridgehead atoms. The first-order valence-electron chi connectivity index (χ1n) is 3.52. The van der Waals surface area contributed by atoms with Crippen LogP contribution in [0, 0.1) is 0 Å². The third kappa shape index (κ3) is 2.31. The highest BCUT2D eigenvalue weighted by atomic mass is 16.3. The van der Waals surface area contributed by atoms with Crippen LogP contribution in [0.15, 0.2) is 6.20 Å². The van der Waals surface area contributed by atoms with E-state index in [2.05, 4.69) is 20.7 Å². The molecule has 0 aliphatic heterocycles. The third-order valence-corrected chi connectivity index (χ3v) is 1.21. The number of carbonyl (C=O) groups is 1. The topological polar surface area (TPSA) is 90.9 Å². The Bertz CT molecular complexity index is 244. The quantitative estimate of drug-likeness (QED) is 0.538. The average Bonchev–Trinajstić information content (AvgIpc) is 2.51. The van der Waals surface area contributed by atoms with Crippen molar-refractivity contribution in [1.82, 2.24) is 20.7 Å². The van der Waals surface area contributed by atoms with Crippen LogP contribution in [0.2, 0.25) is 0 Å². The molecule has 0 aromatic carbocycles. The number of aromatic nitrogens is 3. The van der Waals surface area contributed by atoms with Crippen LogP contribution >= 0.6 is 0 Å². The summed E-state index contributed by atoms with van der Waals surface area (Å²) in [4.78, 5) is 11.1. The lowest BCUT2D eigenvalue weighted by atomic mass is 10.4. The molecule has 0 aliphatic carbocycles. The summed E-state index contributed by atoms with van der Waals surface area (Å²) >= 11 is 0. The molecule has 1 aromatic heterocycles. The number of aliphatic hydroxyl groups is 1. The van der Waals surface area contributed by atoms with E-state index in [1.165, 1.54) is 6.20 Å². The van der Waals surface area contributed by atoms with E-state index in [1.54, 1.807) is 6.92 Å². The van der Waals surface area contributed by atoms with Gasteiger partial charge in [-0.2, -0.15) is 15.4 Å². The van der Waals surface area contributed by atoms with Gasteiger partial charge in [0, 0.05) is 6.54 Å². The van der Waals surface area contributed by atoms with Crippen molar-refractivity contribution >= 4 is 5.91 Å². The summed E-state index contributed by atoms with van der Waals surface area (Å²) in [6.45, 7) is 1.80. The Labute approximate surface area is 69.0 Å². The van der Waals surface area contributed by atoms with Gasteiger partial charge in [0.05, 0.1) is 12.3 Å². The highest BCUT2D eigenvalue weighted by Crippen LogP contribution is 1.87. The van der Waals surface area contributed by atoms with Gasteiger partial charge < -0.3 is 10.4 Å². The van der Waals surface area contributed by atoms with Gasteiger partial charge in [0.25, 0.3) is 5.91 Å². The predicted molar refractivity (Wildman–Crippen MR) is 40.4 cm³/mol. The van der Waals surface area contributed by atoms with E-state index in [9.17, 15) is 4.79 Å². The lowest BCUT2D eigenvalue weighted by Crippen LogP contribution is -2.30. The summed E-state index contributed by atoms with van der Waals surface area (Å²) in [6.07, 6.45) is 0.762. The predicted octanol–water partition coefficient (Wildman–Crippen LogP) is -1.08. The molecule has 1 unspecified atom stereocenters. The number of carbonyl (C=O) groups excluding carboxylic acids is 1. The van der Waals surface area contributed by atoms with Crippen molar-refractivity contribution in [1.29, 1.82) is 0 Å². The highest BCUT2D eigenvalue weighted by Gasteiger charge is 2.07. The first-order valence-corrected chi connectivity index (χ1v) is 3.52. The fourth-order valence-electron chi connectivity index (χ4n) is 0.642. The second-order valence-electron chi connectivity index (χ2n) is 2.41. The number of nitrogens with zero attached hydrogens (tertiary/aromatic N) is 2. The first kappa shape index (κ1) is 8.66. The molecule has 1 aromatic rings. The minimum Gasteiger partial charge on any atom is -0.392 e. The molecule has 12 heavy (non-hydrogen) atoms. The van der Waals surface area contributed by atoms with Crippen molar-refractivity contribution in [3.05, 3.63) is 11.9 Å². The molecule has 66 valence electrons. The largest absolute Gasteiger partial charge is 0.392 e. The van der Waals surface area contributed by atoms with Crippen LogP contribution < -0.4 is 5.32 Å². The van der Waals surface area contributed by atoms with E-state index in [0.29, 0.717) is 0 Å². The molecule has 1 atom stereocenters. The Morgan fingerprint density at radius 2 is 2.67 bits per heavy atom. The van der Waals surface area contributed by atoms with Gasteiger partial charge in [-0.15, -0.1) is 0 Å². The summed E-state index contributed by atoms with van der Waals surface area (Å²) in [7, 11) is 0. The van der Waals surface area contributed by atoms with Gasteiger partial charge in [-0.1, -0.05) is 0 Å². The SMILES string of the molecule is CC(O)CNC(=O)c1cn[nH]n1. The van der Waals surface area contributed by atoms with Gasteiger partial charge >= 0.3 is 0 Å². The molecule has 1 heterocycles. The maximum atomic E-state index is 11.1. The van der Waals surface area contributed by atoms with Crippen LogP contribution in [0.5, 0.6) is 0 Å². The van der Waals surface area contributed by atoms with Gasteiger partial charge in [0.1, 0.15) is 0 Å². The summed E-state index contributed by atoms with van der Waals surface area (Å²) in [5, 5.41) is 20.7.